The average Bonchev–Trinajstić information content (AvgIpc) is 3.08. The summed E-state index contributed by atoms with van der Waals surface area (Å²) < 4.78 is 4.90. The summed E-state index contributed by atoms with van der Waals surface area (Å²) >= 11 is 0. The van der Waals surface area contributed by atoms with E-state index in [4.69, 9.17) is 4.42 Å². The maximum absolute atomic E-state index is 11.8. The number of nitrogens with zero attached hydrogens (tertiary/aromatic N) is 2. The molecule has 3 heterocycles. The van der Waals surface area contributed by atoms with Crippen LogP contribution in [0.15, 0.2) is 40.2 Å². The van der Waals surface area contributed by atoms with Gasteiger partial charge in [0.25, 0.3) is 11.5 Å². The van der Waals surface area contributed by atoms with Gasteiger partial charge in [0.1, 0.15) is 12.1 Å². The van der Waals surface area contributed by atoms with Crippen LogP contribution >= 0.6 is 0 Å². The molecule has 1 amide bonds. The summed E-state index contributed by atoms with van der Waals surface area (Å²) in [5.41, 5.74) is 0.407. The minimum absolute atomic E-state index is 0.104. The lowest BCUT2D eigenvalue weighted by Crippen LogP contribution is -2.39. The van der Waals surface area contributed by atoms with Crippen molar-refractivity contribution in [3.05, 3.63) is 46.9 Å². The SMILES string of the molecule is O=C(NCC1CCN(c2cc(=O)[nH]cn2)CC1)c1ccoc1. The molecule has 2 N–H and O–H groups in total. The number of amides is 1. The Labute approximate surface area is 127 Å². The lowest BCUT2D eigenvalue weighted by molar-refractivity contribution is 0.0944. The normalized spacial score (nSPS) is 15.7. The molecule has 2 aromatic heterocycles. The first-order valence-electron chi connectivity index (χ1n) is 7.32. The Hall–Kier alpha value is -2.57. The minimum atomic E-state index is -0.139. The van der Waals surface area contributed by atoms with Crippen LogP contribution in [0.4, 0.5) is 5.82 Å². The third kappa shape index (κ3) is 3.36. The Morgan fingerprint density at radius 3 is 2.95 bits per heavy atom. The maximum atomic E-state index is 11.8. The predicted molar refractivity (Wildman–Crippen MR) is 80.8 cm³/mol. The second kappa shape index (κ2) is 6.46. The second-order valence-electron chi connectivity index (χ2n) is 5.42. The van der Waals surface area contributed by atoms with E-state index in [9.17, 15) is 9.59 Å². The molecule has 0 unspecified atom stereocenters. The molecule has 2 aromatic rings. The molecular formula is C15H18N4O3. The number of aromatic nitrogens is 2. The summed E-state index contributed by atoms with van der Waals surface area (Å²) in [6.45, 7) is 2.33. The van der Waals surface area contributed by atoms with Crippen molar-refractivity contribution in [1.29, 1.82) is 0 Å². The van der Waals surface area contributed by atoms with E-state index in [-0.39, 0.29) is 11.5 Å². The van der Waals surface area contributed by atoms with E-state index in [1.807, 2.05) is 0 Å². The molecule has 0 aliphatic carbocycles. The number of anilines is 1. The summed E-state index contributed by atoms with van der Waals surface area (Å²) in [6.07, 6.45) is 6.27. The van der Waals surface area contributed by atoms with Crippen LogP contribution in [-0.2, 0) is 0 Å². The van der Waals surface area contributed by atoms with Crippen molar-refractivity contribution < 1.29 is 9.21 Å². The van der Waals surface area contributed by atoms with E-state index < -0.39 is 0 Å². The lowest BCUT2D eigenvalue weighted by Gasteiger charge is -2.32. The molecule has 7 heteroatoms. The molecular weight excluding hydrogens is 284 g/mol. The van der Waals surface area contributed by atoms with Crippen molar-refractivity contribution in [3.63, 3.8) is 0 Å². The molecule has 7 nitrogen and oxygen atoms in total. The fourth-order valence-corrected chi connectivity index (χ4v) is 2.63. The highest BCUT2D eigenvalue weighted by Crippen LogP contribution is 2.20. The molecule has 22 heavy (non-hydrogen) atoms. The van der Waals surface area contributed by atoms with Gasteiger partial charge in [0.2, 0.25) is 0 Å². The number of piperidine rings is 1. The Balaban J connectivity index is 1.48. The Bertz CT molecular complexity index is 672. The van der Waals surface area contributed by atoms with Crippen LogP contribution in [0.2, 0.25) is 0 Å². The van der Waals surface area contributed by atoms with Crippen molar-refractivity contribution in [2.75, 3.05) is 24.5 Å². The number of rotatable bonds is 4. The summed E-state index contributed by atoms with van der Waals surface area (Å²) in [5, 5.41) is 2.93. The van der Waals surface area contributed by atoms with Gasteiger partial charge in [-0.1, -0.05) is 0 Å². The van der Waals surface area contributed by atoms with Gasteiger partial charge >= 0.3 is 0 Å². The van der Waals surface area contributed by atoms with E-state index in [2.05, 4.69) is 20.2 Å². The molecule has 116 valence electrons. The van der Waals surface area contributed by atoms with Crippen LogP contribution in [0.3, 0.4) is 0 Å². The van der Waals surface area contributed by atoms with Gasteiger partial charge in [0.15, 0.2) is 0 Å². The summed E-state index contributed by atoms with van der Waals surface area (Å²) in [5.74, 6) is 1.05. The van der Waals surface area contributed by atoms with Gasteiger partial charge in [0.05, 0.1) is 18.2 Å². The topological polar surface area (TPSA) is 91.2 Å². The van der Waals surface area contributed by atoms with Crippen molar-refractivity contribution in [1.82, 2.24) is 15.3 Å². The molecule has 0 radical (unpaired) electrons. The van der Waals surface area contributed by atoms with Gasteiger partial charge < -0.3 is 19.6 Å². The summed E-state index contributed by atoms with van der Waals surface area (Å²) in [6, 6.07) is 3.16. The predicted octanol–water partition coefficient (Wildman–Crippen LogP) is 1.01. The van der Waals surface area contributed by atoms with E-state index in [1.54, 1.807) is 6.07 Å². The molecule has 3 rings (SSSR count). The van der Waals surface area contributed by atoms with Crippen LogP contribution < -0.4 is 15.8 Å². The van der Waals surface area contributed by atoms with Crippen molar-refractivity contribution in [2.24, 2.45) is 5.92 Å². The molecule has 1 aliphatic heterocycles. The van der Waals surface area contributed by atoms with Crippen molar-refractivity contribution >= 4 is 11.7 Å². The largest absolute Gasteiger partial charge is 0.472 e. The molecule has 0 aromatic carbocycles. The van der Waals surface area contributed by atoms with Crippen LogP contribution in [0.5, 0.6) is 0 Å². The van der Waals surface area contributed by atoms with Crippen LogP contribution in [0, 0.1) is 5.92 Å². The van der Waals surface area contributed by atoms with E-state index in [1.165, 1.54) is 24.9 Å². The molecule has 0 spiro atoms. The first kappa shape index (κ1) is 14.4. The van der Waals surface area contributed by atoms with Gasteiger partial charge in [-0.25, -0.2) is 4.98 Å². The van der Waals surface area contributed by atoms with Gasteiger partial charge in [-0.15, -0.1) is 0 Å². The Morgan fingerprint density at radius 2 is 2.27 bits per heavy atom. The number of furan rings is 1. The highest BCUT2D eigenvalue weighted by molar-refractivity contribution is 5.93. The number of carbonyl (C=O) groups excluding carboxylic acids is 1. The lowest BCUT2D eigenvalue weighted by atomic mass is 9.96. The zero-order chi connectivity index (χ0) is 15.4. The molecule has 1 fully saturated rings. The number of hydrogen-bond acceptors (Lipinski definition) is 5. The van der Waals surface area contributed by atoms with E-state index in [0.29, 0.717) is 23.8 Å². The van der Waals surface area contributed by atoms with Gasteiger partial charge in [0, 0.05) is 25.7 Å². The molecule has 1 saturated heterocycles. The zero-order valence-electron chi connectivity index (χ0n) is 12.1. The zero-order valence-corrected chi connectivity index (χ0v) is 12.1. The van der Waals surface area contributed by atoms with Crippen molar-refractivity contribution in [3.8, 4) is 0 Å². The smallest absolute Gasteiger partial charge is 0.254 e. The quantitative estimate of drug-likeness (QED) is 0.879. The second-order valence-corrected chi connectivity index (χ2v) is 5.42. The van der Waals surface area contributed by atoms with Crippen molar-refractivity contribution in [2.45, 2.75) is 12.8 Å². The maximum Gasteiger partial charge on any atom is 0.254 e. The third-order valence-electron chi connectivity index (χ3n) is 3.94. The fraction of sp³-hybridized carbons (Fsp3) is 0.400. The molecule has 1 aliphatic rings. The van der Waals surface area contributed by atoms with Gasteiger partial charge in [-0.05, 0) is 24.8 Å². The standard InChI is InChI=1S/C15H18N4O3/c20-14-7-13(17-10-18-14)19-4-1-11(2-5-19)8-16-15(21)12-3-6-22-9-12/h3,6-7,9-11H,1-2,4-5,8H2,(H,16,21)(H,17,18,20). The fourth-order valence-electron chi connectivity index (χ4n) is 2.63. The van der Waals surface area contributed by atoms with Crippen LogP contribution in [-0.4, -0.2) is 35.5 Å². The number of nitrogens with one attached hydrogen (secondary N) is 2. The molecule has 0 atom stereocenters. The number of hydrogen-bond donors (Lipinski definition) is 2. The molecule has 0 bridgehead atoms. The Kier molecular flexibility index (Phi) is 4.22. The highest BCUT2D eigenvalue weighted by atomic mass is 16.3. The monoisotopic (exact) mass is 302 g/mol. The summed E-state index contributed by atoms with van der Waals surface area (Å²) in [7, 11) is 0. The first-order valence-corrected chi connectivity index (χ1v) is 7.32. The molecule has 0 saturated carbocycles. The van der Waals surface area contributed by atoms with Crippen LogP contribution in [0.25, 0.3) is 0 Å². The van der Waals surface area contributed by atoms with Gasteiger partial charge in [-0.2, -0.15) is 0 Å². The number of carbonyl (C=O) groups is 1. The minimum Gasteiger partial charge on any atom is -0.472 e. The van der Waals surface area contributed by atoms with Crippen LogP contribution in [0.1, 0.15) is 23.2 Å². The third-order valence-corrected chi connectivity index (χ3v) is 3.94. The Morgan fingerprint density at radius 1 is 1.45 bits per heavy atom. The highest BCUT2D eigenvalue weighted by Gasteiger charge is 2.21. The number of H-pyrrole nitrogens is 1. The average molecular weight is 302 g/mol. The van der Waals surface area contributed by atoms with E-state index in [0.717, 1.165) is 25.9 Å². The number of aromatic amines is 1. The van der Waals surface area contributed by atoms with Gasteiger partial charge in [-0.3, -0.25) is 9.59 Å². The summed E-state index contributed by atoms with van der Waals surface area (Å²) in [4.78, 5) is 32.0. The first-order chi connectivity index (χ1) is 10.7. The van der Waals surface area contributed by atoms with E-state index >= 15 is 0 Å².